The lowest BCUT2D eigenvalue weighted by molar-refractivity contribution is -0.136. The Morgan fingerprint density at radius 2 is 1.64 bits per heavy atom. The fourth-order valence-electron chi connectivity index (χ4n) is 1.99. The molecule has 0 aliphatic heterocycles. The van der Waals surface area contributed by atoms with Gasteiger partial charge in [-0.25, -0.2) is 0 Å². The molecule has 3 amide bonds. The summed E-state index contributed by atoms with van der Waals surface area (Å²) in [6.07, 6.45) is 1.15. The van der Waals surface area contributed by atoms with Crippen molar-refractivity contribution in [2.75, 3.05) is 18.4 Å². The van der Waals surface area contributed by atoms with Crippen LogP contribution in [0.15, 0.2) is 64.4 Å². The maximum atomic E-state index is 12.0. The molecule has 2 aromatic carbocycles. The van der Waals surface area contributed by atoms with Crippen LogP contribution in [-0.4, -0.2) is 31.3 Å². The first-order valence-corrected chi connectivity index (χ1v) is 8.60. The molecule has 3 N–H and O–H groups in total. The normalized spacial score (nSPS) is 9.92. The van der Waals surface area contributed by atoms with Crippen molar-refractivity contribution in [2.24, 2.45) is 0 Å². The van der Waals surface area contributed by atoms with E-state index in [9.17, 15) is 14.4 Å². The molecule has 0 unspecified atom stereocenters. The topological polar surface area (TPSA) is 87.3 Å². The van der Waals surface area contributed by atoms with Crippen molar-refractivity contribution in [3.05, 3.63) is 54.6 Å². The zero-order valence-corrected chi connectivity index (χ0v) is 14.3. The maximum absolute atomic E-state index is 12.0. The van der Waals surface area contributed by atoms with Crippen LogP contribution in [0.2, 0.25) is 0 Å². The van der Waals surface area contributed by atoms with E-state index in [-0.39, 0.29) is 0 Å². The van der Waals surface area contributed by atoms with Gasteiger partial charge < -0.3 is 16.0 Å². The standard InChI is InChI=1S/C18H19N3O3S/c22-13-19-11-6-12-20-17(23)18(24)21-15-9-4-5-10-16(15)25-14-7-2-1-3-8-14/h1-5,7-10,13H,6,11-12H2,(H,19,22)(H,20,23)(H,21,24). The number of carbonyl (C=O) groups is 3. The van der Waals surface area contributed by atoms with Crippen molar-refractivity contribution >= 4 is 35.7 Å². The second kappa shape index (κ2) is 10.1. The zero-order chi connectivity index (χ0) is 17.9. The molecule has 2 aromatic rings. The number of amides is 3. The van der Waals surface area contributed by atoms with Crippen LogP contribution < -0.4 is 16.0 Å². The molecule has 0 aromatic heterocycles. The molecule has 7 heteroatoms. The van der Waals surface area contributed by atoms with E-state index in [0.717, 1.165) is 9.79 Å². The summed E-state index contributed by atoms with van der Waals surface area (Å²) >= 11 is 1.51. The summed E-state index contributed by atoms with van der Waals surface area (Å²) in [6, 6.07) is 17.1. The van der Waals surface area contributed by atoms with Gasteiger partial charge in [0.05, 0.1) is 5.69 Å². The Kier molecular flexibility index (Phi) is 7.52. The molecule has 6 nitrogen and oxygen atoms in total. The molecule has 0 fully saturated rings. The van der Waals surface area contributed by atoms with Crippen molar-refractivity contribution in [2.45, 2.75) is 16.2 Å². The number of carbonyl (C=O) groups excluding carboxylic acids is 3. The first kappa shape index (κ1) is 18.5. The van der Waals surface area contributed by atoms with Gasteiger partial charge in [0.2, 0.25) is 6.41 Å². The summed E-state index contributed by atoms with van der Waals surface area (Å²) < 4.78 is 0. The number of para-hydroxylation sites is 1. The molecule has 0 radical (unpaired) electrons. The molecule has 0 spiro atoms. The molecule has 0 aliphatic carbocycles. The molecule has 0 aliphatic rings. The summed E-state index contributed by atoms with van der Waals surface area (Å²) in [7, 11) is 0. The predicted octanol–water partition coefficient (Wildman–Crippen LogP) is 2.03. The Bertz CT molecular complexity index is 723. The second-order valence-corrected chi connectivity index (χ2v) is 6.16. The van der Waals surface area contributed by atoms with E-state index in [0.29, 0.717) is 31.6 Å². The Morgan fingerprint density at radius 1 is 0.920 bits per heavy atom. The Balaban J connectivity index is 1.92. The Hall–Kier alpha value is -2.80. The minimum Gasteiger partial charge on any atom is -0.359 e. The van der Waals surface area contributed by atoms with Gasteiger partial charge in [0.25, 0.3) is 0 Å². The van der Waals surface area contributed by atoms with E-state index in [1.54, 1.807) is 12.1 Å². The molecule has 25 heavy (non-hydrogen) atoms. The van der Waals surface area contributed by atoms with Gasteiger partial charge in [-0.15, -0.1) is 0 Å². The quantitative estimate of drug-likeness (QED) is 0.383. The van der Waals surface area contributed by atoms with Crippen LogP contribution in [0.3, 0.4) is 0 Å². The lowest BCUT2D eigenvalue weighted by Gasteiger charge is -2.11. The molecular formula is C18H19N3O3S. The summed E-state index contributed by atoms with van der Waals surface area (Å²) in [5.74, 6) is -1.42. The van der Waals surface area contributed by atoms with Crippen LogP contribution in [0.5, 0.6) is 0 Å². The van der Waals surface area contributed by atoms with Gasteiger partial charge in [-0.2, -0.15) is 0 Å². The lowest BCUT2D eigenvalue weighted by atomic mass is 10.3. The molecule has 0 heterocycles. The monoisotopic (exact) mass is 357 g/mol. The summed E-state index contributed by atoms with van der Waals surface area (Å²) in [4.78, 5) is 35.9. The van der Waals surface area contributed by atoms with Crippen molar-refractivity contribution in [1.29, 1.82) is 0 Å². The average Bonchev–Trinajstić information content (AvgIpc) is 2.64. The molecule has 0 saturated carbocycles. The van der Waals surface area contributed by atoms with Crippen LogP contribution in [-0.2, 0) is 14.4 Å². The third-order valence-electron chi connectivity index (χ3n) is 3.18. The fourth-order valence-corrected chi connectivity index (χ4v) is 2.91. The van der Waals surface area contributed by atoms with Crippen molar-refractivity contribution in [1.82, 2.24) is 10.6 Å². The molecule has 2 rings (SSSR count). The smallest absolute Gasteiger partial charge is 0.313 e. The van der Waals surface area contributed by atoms with Gasteiger partial charge in [-0.3, -0.25) is 14.4 Å². The van der Waals surface area contributed by atoms with Crippen LogP contribution in [0.1, 0.15) is 6.42 Å². The Morgan fingerprint density at radius 3 is 2.40 bits per heavy atom. The van der Waals surface area contributed by atoms with Crippen molar-refractivity contribution in [3.8, 4) is 0 Å². The molecule has 130 valence electrons. The van der Waals surface area contributed by atoms with Gasteiger partial charge in [0.1, 0.15) is 0 Å². The molecule has 0 bridgehead atoms. The number of benzene rings is 2. The van der Waals surface area contributed by atoms with Gasteiger partial charge in [-0.05, 0) is 30.7 Å². The number of rotatable bonds is 8. The van der Waals surface area contributed by atoms with Gasteiger partial charge in [-0.1, -0.05) is 42.1 Å². The average molecular weight is 357 g/mol. The minimum atomic E-state index is -0.718. The predicted molar refractivity (Wildman–Crippen MR) is 97.3 cm³/mol. The third-order valence-corrected chi connectivity index (χ3v) is 4.26. The highest BCUT2D eigenvalue weighted by molar-refractivity contribution is 7.99. The van der Waals surface area contributed by atoms with E-state index < -0.39 is 11.8 Å². The summed E-state index contributed by atoms with van der Waals surface area (Å²) in [5.41, 5.74) is 0.583. The molecule has 0 atom stereocenters. The van der Waals surface area contributed by atoms with Crippen molar-refractivity contribution in [3.63, 3.8) is 0 Å². The van der Waals surface area contributed by atoms with Crippen LogP contribution >= 0.6 is 11.8 Å². The first-order chi connectivity index (χ1) is 12.2. The number of anilines is 1. The molecule has 0 saturated heterocycles. The SMILES string of the molecule is O=CNCCCNC(=O)C(=O)Nc1ccccc1Sc1ccccc1. The van der Waals surface area contributed by atoms with E-state index >= 15 is 0 Å². The van der Waals surface area contributed by atoms with E-state index in [1.165, 1.54) is 11.8 Å². The lowest BCUT2D eigenvalue weighted by Crippen LogP contribution is -2.36. The largest absolute Gasteiger partial charge is 0.359 e. The fraction of sp³-hybridized carbons (Fsp3) is 0.167. The number of hydrogen-bond acceptors (Lipinski definition) is 4. The van der Waals surface area contributed by atoms with Gasteiger partial charge >= 0.3 is 11.8 Å². The summed E-state index contributed by atoms with van der Waals surface area (Å²) in [6.45, 7) is 0.759. The van der Waals surface area contributed by atoms with Gasteiger partial charge in [0.15, 0.2) is 0 Å². The minimum absolute atomic E-state index is 0.313. The van der Waals surface area contributed by atoms with Crippen molar-refractivity contribution < 1.29 is 14.4 Å². The first-order valence-electron chi connectivity index (χ1n) is 7.79. The highest BCUT2D eigenvalue weighted by atomic mass is 32.2. The highest BCUT2D eigenvalue weighted by Crippen LogP contribution is 2.33. The van der Waals surface area contributed by atoms with E-state index in [1.807, 2.05) is 42.5 Å². The molecular weight excluding hydrogens is 338 g/mol. The van der Waals surface area contributed by atoms with E-state index in [4.69, 9.17) is 0 Å². The van der Waals surface area contributed by atoms with Crippen LogP contribution in [0.4, 0.5) is 5.69 Å². The van der Waals surface area contributed by atoms with E-state index in [2.05, 4.69) is 16.0 Å². The zero-order valence-electron chi connectivity index (χ0n) is 13.5. The highest BCUT2D eigenvalue weighted by Gasteiger charge is 2.15. The van der Waals surface area contributed by atoms with Crippen LogP contribution in [0, 0.1) is 0 Å². The van der Waals surface area contributed by atoms with Gasteiger partial charge in [0, 0.05) is 22.9 Å². The summed E-state index contributed by atoms with van der Waals surface area (Å²) in [5, 5.41) is 7.64. The third kappa shape index (κ3) is 6.31. The number of hydrogen-bond donors (Lipinski definition) is 3. The second-order valence-electron chi connectivity index (χ2n) is 5.05. The maximum Gasteiger partial charge on any atom is 0.313 e. The van der Waals surface area contributed by atoms with Crippen LogP contribution in [0.25, 0.3) is 0 Å². The number of nitrogens with one attached hydrogen (secondary N) is 3. The Labute approximate surface area is 150 Å².